The van der Waals surface area contributed by atoms with Crippen LogP contribution in [-0.4, -0.2) is 35.6 Å². The van der Waals surface area contributed by atoms with Gasteiger partial charge in [-0.1, -0.05) is 6.92 Å². The van der Waals surface area contributed by atoms with Gasteiger partial charge >= 0.3 is 0 Å². The Bertz CT molecular complexity index is 375. The molecule has 0 radical (unpaired) electrons. The zero-order chi connectivity index (χ0) is 13.0. The van der Waals surface area contributed by atoms with Gasteiger partial charge in [0.2, 0.25) is 0 Å². The van der Waals surface area contributed by atoms with E-state index in [-0.39, 0.29) is 0 Å². The third-order valence-corrected chi connectivity index (χ3v) is 3.70. The normalized spacial score (nSPS) is 24.4. The molecular weight excluding hydrogens is 226 g/mol. The van der Waals surface area contributed by atoms with Gasteiger partial charge in [-0.05, 0) is 38.8 Å². The molecule has 2 heterocycles. The van der Waals surface area contributed by atoms with Crippen molar-refractivity contribution in [2.24, 2.45) is 13.0 Å². The Morgan fingerprint density at radius 1 is 1.56 bits per heavy atom. The van der Waals surface area contributed by atoms with Crippen molar-refractivity contribution in [2.75, 3.05) is 19.8 Å². The number of aromatic nitrogens is 2. The summed E-state index contributed by atoms with van der Waals surface area (Å²) in [4.78, 5) is 0. The highest BCUT2D eigenvalue weighted by molar-refractivity contribution is 5.10. The number of ether oxygens (including phenoxy) is 1. The van der Waals surface area contributed by atoms with Crippen LogP contribution in [0.1, 0.15) is 31.2 Å². The van der Waals surface area contributed by atoms with Crippen LogP contribution in [0.2, 0.25) is 0 Å². The van der Waals surface area contributed by atoms with Crippen molar-refractivity contribution in [3.05, 3.63) is 17.5 Å². The minimum atomic E-state index is 0.570. The number of rotatable bonds is 5. The minimum Gasteiger partial charge on any atom is -0.381 e. The quantitative estimate of drug-likeness (QED) is 0.865. The van der Waals surface area contributed by atoms with Crippen LogP contribution in [0, 0.1) is 12.8 Å². The lowest BCUT2D eigenvalue weighted by atomic mass is 9.91. The molecule has 4 heteroatoms. The van der Waals surface area contributed by atoms with Crippen LogP contribution in [0.25, 0.3) is 0 Å². The van der Waals surface area contributed by atoms with Gasteiger partial charge in [-0.3, -0.25) is 4.68 Å². The Kier molecular flexibility index (Phi) is 4.78. The SMILES string of the molecule is CCCNC1CCOCC1Cc1cc(C)nn1C. The fourth-order valence-corrected chi connectivity index (χ4v) is 2.72. The highest BCUT2D eigenvalue weighted by Gasteiger charge is 2.26. The van der Waals surface area contributed by atoms with Gasteiger partial charge in [-0.2, -0.15) is 5.10 Å². The highest BCUT2D eigenvalue weighted by atomic mass is 16.5. The summed E-state index contributed by atoms with van der Waals surface area (Å²) in [5, 5.41) is 8.08. The topological polar surface area (TPSA) is 39.1 Å². The van der Waals surface area contributed by atoms with Gasteiger partial charge < -0.3 is 10.1 Å². The summed E-state index contributed by atoms with van der Waals surface area (Å²) >= 11 is 0. The largest absolute Gasteiger partial charge is 0.381 e. The predicted octanol–water partition coefficient (Wildman–Crippen LogP) is 1.68. The van der Waals surface area contributed by atoms with Crippen molar-refractivity contribution in [1.29, 1.82) is 0 Å². The first-order valence-corrected chi connectivity index (χ1v) is 7.01. The molecule has 2 atom stereocenters. The number of hydrogen-bond donors (Lipinski definition) is 1. The fraction of sp³-hybridized carbons (Fsp3) is 0.786. The molecule has 0 saturated carbocycles. The first-order chi connectivity index (χ1) is 8.70. The molecule has 0 aliphatic carbocycles. The number of nitrogens with zero attached hydrogens (tertiary/aromatic N) is 2. The standard InChI is InChI=1S/C14H25N3O/c1-4-6-15-14-5-7-18-10-12(14)9-13-8-11(2)16-17(13)3/h8,12,14-15H,4-7,9-10H2,1-3H3. The monoisotopic (exact) mass is 251 g/mol. The average Bonchev–Trinajstić information content (AvgIpc) is 2.67. The third kappa shape index (κ3) is 3.33. The maximum absolute atomic E-state index is 5.64. The maximum Gasteiger partial charge on any atom is 0.0596 e. The molecule has 2 rings (SSSR count). The molecule has 102 valence electrons. The van der Waals surface area contributed by atoms with E-state index in [2.05, 4.69) is 23.4 Å². The van der Waals surface area contributed by atoms with Crippen molar-refractivity contribution < 1.29 is 4.74 Å². The molecule has 1 N–H and O–H groups in total. The maximum atomic E-state index is 5.64. The van der Waals surface area contributed by atoms with Crippen LogP contribution < -0.4 is 5.32 Å². The molecule has 0 spiro atoms. The summed E-state index contributed by atoms with van der Waals surface area (Å²) in [6, 6.07) is 2.78. The summed E-state index contributed by atoms with van der Waals surface area (Å²) in [5.41, 5.74) is 2.41. The van der Waals surface area contributed by atoms with E-state index in [1.54, 1.807) is 0 Å². The smallest absolute Gasteiger partial charge is 0.0596 e. The molecule has 1 aliphatic heterocycles. The van der Waals surface area contributed by atoms with Crippen molar-refractivity contribution in [1.82, 2.24) is 15.1 Å². The van der Waals surface area contributed by atoms with E-state index in [1.165, 1.54) is 12.1 Å². The van der Waals surface area contributed by atoms with Crippen LogP contribution in [0.15, 0.2) is 6.07 Å². The molecule has 1 saturated heterocycles. The van der Waals surface area contributed by atoms with Gasteiger partial charge in [-0.25, -0.2) is 0 Å². The number of hydrogen-bond acceptors (Lipinski definition) is 3. The molecule has 1 fully saturated rings. The first kappa shape index (κ1) is 13.6. The van der Waals surface area contributed by atoms with Gasteiger partial charge in [0.05, 0.1) is 12.3 Å². The van der Waals surface area contributed by atoms with Crippen molar-refractivity contribution >= 4 is 0 Å². The molecule has 18 heavy (non-hydrogen) atoms. The molecule has 4 nitrogen and oxygen atoms in total. The van der Waals surface area contributed by atoms with Gasteiger partial charge in [0.15, 0.2) is 0 Å². The molecule has 1 aromatic heterocycles. The second kappa shape index (κ2) is 6.34. The Balaban J connectivity index is 1.98. The summed E-state index contributed by atoms with van der Waals surface area (Å²) in [5.74, 6) is 0.570. The van der Waals surface area contributed by atoms with Crippen molar-refractivity contribution in [2.45, 2.75) is 39.2 Å². The van der Waals surface area contributed by atoms with E-state index < -0.39 is 0 Å². The molecule has 2 unspecified atom stereocenters. The summed E-state index contributed by atoms with van der Waals surface area (Å²) in [6.45, 7) is 7.12. The minimum absolute atomic E-state index is 0.570. The summed E-state index contributed by atoms with van der Waals surface area (Å²) < 4.78 is 7.64. The van der Waals surface area contributed by atoms with Crippen LogP contribution >= 0.6 is 0 Å². The Morgan fingerprint density at radius 2 is 2.39 bits per heavy atom. The zero-order valence-electron chi connectivity index (χ0n) is 11.8. The second-order valence-corrected chi connectivity index (χ2v) is 5.29. The lowest BCUT2D eigenvalue weighted by Gasteiger charge is -2.32. The lowest BCUT2D eigenvalue weighted by molar-refractivity contribution is 0.0316. The predicted molar refractivity (Wildman–Crippen MR) is 72.7 cm³/mol. The van der Waals surface area contributed by atoms with Gasteiger partial charge in [0.25, 0.3) is 0 Å². The van der Waals surface area contributed by atoms with E-state index in [0.29, 0.717) is 12.0 Å². The number of nitrogens with one attached hydrogen (secondary N) is 1. The van der Waals surface area contributed by atoms with Gasteiger partial charge in [0.1, 0.15) is 0 Å². The fourth-order valence-electron chi connectivity index (χ4n) is 2.72. The molecule has 0 bridgehead atoms. The van der Waals surface area contributed by atoms with E-state index in [4.69, 9.17) is 4.74 Å². The average molecular weight is 251 g/mol. The summed E-state index contributed by atoms with van der Waals surface area (Å²) in [6.07, 6.45) is 3.37. The Hall–Kier alpha value is -0.870. The lowest BCUT2D eigenvalue weighted by Crippen LogP contribution is -2.44. The van der Waals surface area contributed by atoms with E-state index >= 15 is 0 Å². The van der Waals surface area contributed by atoms with Crippen LogP contribution in [0.3, 0.4) is 0 Å². The van der Waals surface area contributed by atoms with E-state index in [9.17, 15) is 0 Å². The second-order valence-electron chi connectivity index (χ2n) is 5.29. The zero-order valence-corrected chi connectivity index (χ0v) is 11.8. The van der Waals surface area contributed by atoms with E-state index in [0.717, 1.165) is 38.3 Å². The van der Waals surface area contributed by atoms with Crippen LogP contribution in [0.5, 0.6) is 0 Å². The van der Waals surface area contributed by atoms with Crippen molar-refractivity contribution in [3.63, 3.8) is 0 Å². The molecule has 1 aromatic rings. The molecule has 1 aliphatic rings. The van der Waals surface area contributed by atoms with Gasteiger partial charge in [-0.15, -0.1) is 0 Å². The van der Waals surface area contributed by atoms with Crippen LogP contribution in [-0.2, 0) is 18.2 Å². The van der Waals surface area contributed by atoms with Crippen LogP contribution in [0.4, 0.5) is 0 Å². The summed E-state index contributed by atoms with van der Waals surface area (Å²) in [7, 11) is 2.03. The Morgan fingerprint density at radius 3 is 3.06 bits per heavy atom. The molecule has 0 amide bonds. The van der Waals surface area contributed by atoms with E-state index in [1.807, 2.05) is 18.7 Å². The molecular formula is C14H25N3O. The Labute approximate surface area is 110 Å². The van der Waals surface area contributed by atoms with Crippen molar-refractivity contribution in [3.8, 4) is 0 Å². The first-order valence-electron chi connectivity index (χ1n) is 7.01. The molecule has 0 aromatic carbocycles. The van der Waals surface area contributed by atoms with Gasteiger partial charge in [0, 0.05) is 31.3 Å². The number of aryl methyl sites for hydroxylation is 2. The third-order valence-electron chi connectivity index (χ3n) is 3.70. The highest BCUT2D eigenvalue weighted by Crippen LogP contribution is 2.20.